The van der Waals surface area contributed by atoms with Gasteiger partial charge in [-0.25, -0.2) is 0 Å². The van der Waals surface area contributed by atoms with Crippen LogP contribution < -0.4 is 10.8 Å². The van der Waals surface area contributed by atoms with E-state index >= 15 is 0 Å². The van der Waals surface area contributed by atoms with Crippen LogP contribution in [-0.2, 0) is 0 Å². The van der Waals surface area contributed by atoms with E-state index in [9.17, 15) is 5.21 Å². The van der Waals surface area contributed by atoms with Crippen molar-refractivity contribution in [3.8, 4) is 0 Å². The highest BCUT2D eigenvalue weighted by Crippen LogP contribution is 2.12. The average Bonchev–Trinajstić information content (AvgIpc) is 2.05. The average molecular weight is 151 g/mol. The molecule has 0 unspecified atom stereocenters. The molecule has 0 bridgehead atoms. The Morgan fingerprint density at radius 1 is 1.36 bits per heavy atom. The summed E-state index contributed by atoms with van der Waals surface area (Å²) in [4.78, 5) is 0. The molecule has 0 aliphatic heterocycles. The van der Waals surface area contributed by atoms with Crippen molar-refractivity contribution in [2.45, 2.75) is 6.92 Å². The summed E-state index contributed by atoms with van der Waals surface area (Å²) in [6.45, 7) is 1.98. The molecule has 3 heteroatoms. The maximum Gasteiger partial charge on any atom is 0.0547 e. The number of nitrogens with zero attached hydrogens (tertiary/aromatic N) is 1. The van der Waals surface area contributed by atoms with E-state index in [0.29, 0.717) is 5.69 Å². The van der Waals surface area contributed by atoms with Gasteiger partial charge in [-0.3, -0.25) is 0 Å². The molecule has 0 amide bonds. The number of hydrogen-bond donors (Lipinski definition) is 1. The zero-order valence-corrected chi connectivity index (χ0v) is 6.45. The van der Waals surface area contributed by atoms with Crippen LogP contribution in [0.1, 0.15) is 5.56 Å². The monoisotopic (exact) mass is 151 g/mol. The van der Waals surface area contributed by atoms with Gasteiger partial charge in [0.25, 0.3) is 0 Å². The van der Waals surface area contributed by atoms with Crippen LogP contribution in [0.3, 0.4) is 0 Å². The second kappa shape index (κ2) is 3.37. The zero-order valence-electron chi connectivity index (χ0n) is 6.45. The Hall–Kier alpha value is -1.06. The predicted octanol–water partition coefficient (Wildman–Crippen LogP) is 1.22. The minimum absolute atomic E-state index is 0.00304. The lowest BCUT2D eigenvalue weighted by Gasteiger charge is -2.28. The van der Waals surface area contributed by atoms with E-state index in [4.69, 9.17) is 5.73 Å². The molecule has 3 nitrogen and oxygen atoms in total. The molecule has 0 radical (unpaired) electrons. The third kappa shape index (κ3) is 1.93. The lowest BCUT2D eigenvalue weighted by atomic mass is 10.2. The molecule has 0 aliphatic carbocycles. The largest absolute Gasteiger partial charge is 0.757 e. The second-order valence-corrected chi connectivity index (χ2v) is 2.40. The van der Waals surface area contributed by atoms with Gasteiger partial charge in [-0.15, -0.1) is 0 Å². The maximum atomic E-state index is 10.9. The zero-order chi connectivity index (χ0) is 8.27. The van der Waals surface area contributed by atoms with Gasteiger partial charge in [0.05, 0.1) is 6.67 Å². The van der Waals surface area contributed by atoms with Crippen LogP contribution in [0.15, 0.2) is 24.3 Å². The van der Waals surface area contributed by atoms with Gasteiger partial charge in [0, 0.05) is 5.69 Å². The van der Waals surface area contributed by atoms with Crippen molar-refractivity contribution < 1.29 is 0 Å². The summed E-state index contributed by atoms with van der Waals surface area (Å²) in [6.07, 6.45) is 0. The van der Waals surface area contributed by atoms with Gasteiger partial charge in [0.15, 0.2) is 0 Å². The van der Waals surface area contributed by atoms with Crippen molar-refractivity contribution in [2.24, 2.45) is 5.73 Å². The molecule has 0 atom stereocenters. The van der Waals surface area contributed by atoms with E-state index in [1.54, 1.807) is 12.1 Å². The van der Waals surface area contributed by atoms with Crippen molar-refractivity contribution in [2.75, 3.05) is 11.7 Å². The number of benzene rings is 1. The standard InChI is InChI=1S/C8H11N2O/c1-7-2-4-8(5-3-7)10(11)6-9/h2-5H,6,9H2,1H3/q-1. The molecule has 0 fully saturated rings. The topological polar surface area (TPSA) is 52.3 Å². The Balaban J connectivity index is 2.81. The first kappa shape index (κ1) is 8.04. The Labute approximate surface area is 66.0 Å². The van der Waals surface area contributed by atoms with Gasteiger partial charge in [-0.1, -0.05) is 17.7 Å². The molecule has 60 valence electrons. The van der Waals surface area contributed by atoms with Crippen molar-refractivity contribution in [3.63, 3.8) is 0 Å². The molecular formula is C8H11N2O-. The van der Waals surface area contributed by atoms with Crippen LogP contribution in [0.2, 0.25) is 0 Å². The van der Waals surface area contributed by atoms with Gasteiger partial charge in [-0.05, 0) is 19.1 Å². The Kier molecular flexibility index (Phi) is 2.46. The van der Waals surface area contributed by atoms with Crippen LogP contribution in [-0.4, -0.2) is 6.67 Å². The number of nitrogens with two attached hydrogens (primary N) is 1. The third-order valence-corrected chi connectivity index (χ3v) is 1.49. The van der Waals surface area contributed by atoms with Gasteiger partial charge in [0.2, 0.25) is 0 Å². The number of anilines is 1. The normalized spacial score (nSPS) is 9.73. The van der Waals surface area contributed by atoms with Crippen molar-refractivity contribution >= 4 is 5.69 Å². The summed E-state index contributed by atoms with van der Waals surface area (Å²) in [5.41, 5.74) is 6.90. The van der Waals surface area contributed by atoms with Crippen LogP contribution in [0, 0.1) is 12.1 Å². The Morgan fingerprint density at radius 2 is 1.91 bits per heavy atom. The molecule has 1 aromatic rings. The molecule has 1 aromatic carbocycles. The number of hydroxylamine groups is 1. The van der Waals surface area contributed by atoms with Crippen LogP contribution in [0.4, 0.5) is 5.69 Å². The summed E-state index contributed by atoms with van der Waals surface area (Å²) < 4.78 is 0. The number of rotatable bonds is 2. The number of hydrogen-bond acceptors (Lipinski definition) is 3. The lowest BCUT2D eigenvalue weighted by molar-refractivity contribution is 0.980. The fourth-order valence-electron chi connectivity index (χ4n) is 0.816. The van der Waals surface area contributed by atoms with E-state index in [1.807, 2.05) is 19.1 Å². The van der Waals surface area contributed by atoms with E-state index in [2.05, 4.69) is 0 Å². The summed E-state index contributed by atoms with van der Waals surface area (Å²) in [5, 5.41) is 11.7. The molecule has 2 N–H and O–H groups in total. The first-order valence-electron chi connectivity index (χ1n) is 3.45. The lowest BCUT2D eigenvalue weighted by Crippen LogP contribution is -2.22. The fourth-order valence-corrected chi connectivity index (χ4v) is 0.816. The second-order valence-electron chi connectivity index (χ2n) is 2.40. The van der Waals surface area contributed by atoms with E-state index in [-0.39, 0.29) is 6.67 Å². The molecule has 0 heterocycles. The molecule has 11 heavy (non-hydrogen) atoms. The van der Waals surface area contributed by atoms with Gasteiger partial charge >= 0.3 is 0 Å². The smallest absolute Gasteiger partial charge is 0.0547 e. The minimum Gasteiger partial charge on any atom is -0.757 e. The first-order chi connectivity index (χ1) is 5.24. The van der Waals surface area contributed by atoms with E-state index in [0.717, 1.165) is 10.6 Å². The molecule has 1 rings (SSSR count). The van der Waals surface area contributed by atoms with Crippen molar-refractivity contribution in [1.82, 2.24) is 0 Å². The van der Waals surface area contributed by atoms with Crippen LogP contribution >= 0.6 is 0 Å². The molecule has 0 saturated heterocycles. The van der Waals surface area contributed by atoms with E-state index < -0.39 is 0 Å². The third-order valence-electron chi connectivity index (χ3n) is 1.49. The van der Waals surface area contributed by atoms with Gasteiger partial charge < -0.3 is 16.0 Å². The van der Waals surface area contributed by atoms with Crippen molar-refractivity contribution in [1.29, 1.82) is 0 Å². The highest BCUT2D eigenvalue weighted by atomic mass is 16.5. The SMILES string of the molecule is Cc1ccc(N([O-])CN)cc1. The fraction of sp³-hybridized carbons (Fsp3) is 0.250. The highest BCUT2D eigenvalue weighted by Gasteiger charge is 1.90. The van der Waals surface area contributed by atoms with Crippen LogP contribution in [0.25, 0.3) is 0 Å². The molecule has 0 saturated carbocycles. The molecule has 0 aromatic heterocycles. The summed E-state index contributed by atoms with van der Waals surface area (Å²) >= 11 is 0. The molecule has 0 spiro atoms. The summed E-state index contributed by atoms with van der Waals surface area (Å²) in [7, 11) is 0. The van der Waals surface area contributed by atoms with Gasteiger partial charge in [0.1, 0.15) is 0 Å². The Bertz CT molecular complexity index is 220. The van der Waals surface area contributed by atoms with E-state index in [1.165, 1.54) is 0 Å². The maximum absolute atomic E-state index is 10.9. The highest BCUT2D eigenvalue weighted by molar-refractivity contribution is 5.47. The Morgan fingerprint density at radius 3 is 2.36 bits per heavy atom. The predicted molar refractivity (Wildman–Crippen MR) is 46.1 cm³/mol. The van der Waals surface area contributed by atoms with Crippen LogP contribution in [0.5, 0.6) is 0 Å². The summed E-state index contributed by atoms with van der Waals surface area (Å²) in [6, 6.07) is 7.29. The van der Waals surface area contributed by atoms with Gasteiger partial charge in [-0.2, -0.15) is 0 Å². The molecule has 0 aliphatic rings. The quantitative estimate of drug-likeness (QED) is 0.510. The van der Waals surface area contributed by atoms with Crippen molar-refractivity contribution in [3.05, 3.63) is 35.0 Å². The molecular weight excluding hydrogens is 140 g/mol. The first-order valence-corrected chi connectivity index (χ1v) is 3.45. The summed E-state index contributed by atoms with van der Waals surface area (Å²) in [5.74, 6) is 0. The minimum atomic E-state index is 0.00304. The number of aryl methyl sites for hydroxylation is 1.